The normalized spacial score (nSPS) is 11.2. The SMILES string of the molecule is Cc1sc(N(CCc2cccc3ccccc23)c2ccc(C#N)cc2)nc1C(=O)NS(C)(=O)=O. The number of amides is 1. The first-order chi connectivity index (χ1) is 16.2. The van der Waals surface area contributed by atoms with Crippen LogP contribution in [0, 0.1) is 18.3 Å². The number of thiazole rings is 1. The van der Waals surface area contributed by atoms with Crippen molar-refractivity contribution < 1.29 is 13.2 Å². The molecule has 0 aliphatic carbocycles. The zero-order chi connectivity index (χ0) is 24.3. The molecular weight excluding hydrogens is 468 g/mol. The number of rotatable bonds is 7. The van der Waals surface area contributed by atoms with Crippen molar-refractivity contribution in [2.75, 3.05) is 17.7 Å². The Hall–Kier alpha value is -3.74. The highest BCUT2D eigenvalue weighted by atomic mass is 32.2. The van der Waals surface area contributed by atoms with Crippen molar-refractivity contribution in [2.24, 2.45) is 0 Å². The van der Waals surface area contributed by atoms with E-state index in [1.807, 2.05) is 40.0 Å². The van der Waals surface area contributed by atoms with E-state index < -0.39 is 15.9 Å². The smallest absolute Gasteiger partial charge is 0.284 e. The highest BCUT2D eigenvalue weighted by Crippen LogP contribution is 2.32. The number of fused-ring (bicyclic) bond motifs is 1. The van der Waals surface area contributed by atoms with Gasteiger partial charge in [0.05, 0.1) is 17.9 Å². The van der Waals surface area contributed by atoms with Crippen LogP contribution >= 0.6 is 11.3 Å². The summed E-state index contributed by atoms with van der Waals surface area (Å²) in [6.07, 6.45) is 1.64. The van der Waals surface area contributed by atoms with E-state index in [0.717, 1.165) is 17.3 Å². The van der Waals surface area contributed by atoms with Crippen molar-refractivity contribution in [2.45, 2.75) is 13.3 Å². The van der Waals surface area contributed by atoms with Crippen molar-refractivity contribution >= 4 is 48.9 Å². The van der Waals surface area contributed by atoms with Crippen LogP contribution in [0.2, 0.25) is 0 Å². The fourth-order valence-corrected chi connectivity index (χ4v) is 5.11. The van der Waals surface area contributed by atoms with Gasteiger partial charge in [0.25, 0.3) is 5.91 Å². The summed E-state index contributed by atoms with van der Waals surface area (Å²) >= 11 is 1.31. The Morgan fingerprint density at radius 1 is 1.09 bits per heavy atom. The molecule has 1 amide bonds. The van der Waals surface area contributed by atoms with Gasteiger partial charge in [-0.15, -0.1) is 11.3 Å². The van der Waals surface area contributed by atoms with Crippen LogP contribution in [0.3, 0.4) is 0 Å². The number of carbonyl (C=O) groups excluding carboxylic acids is 1. The average Bonchev–Trinajstić information content (AvgIpc) is 3.20. The molecule has 0 fully saturated rings. The van der Waals surface area contributed by atoms with Gasteiger partial charge in [0.15, 0.2) is 5.13 Å². The minimum absolute atomic E-state index is 0.0780. The minimum Gasteiger partial charge on any atom is -0.317 e. The van der Waals surface area contributed by atoms with Crippen molar-refractivity contribution in [1.82, 2.24) is 9.71 Å². The van der Waals surface area contributed by atoms with Gasteiger partial charge in [-0.2, -0.15) is 5.26 Å². The molecule has 7 nitrogen and oxygen atoms in total. The first-order valence-corrected chi connectivity index (χ1v) is 13.2. The number of carbonyl (C=O) groups is 1. The summed E-state index contributed by atoms with van der Waals surface area (Å²) < 4.78 is 25.0. The van der Waals surface area contributed by atoms with Gasteiger partial charge in [-0.3, -0.25) is 4.79 Å². The van der Waals surface area contributed by atoms with Crippen molar-refractivity contribution in [3.05, 3.63) is 88.4 Å². The van der Waals surface area contributed by atoms with Crippen LogP contribution in [-0.2, 0) is 16.4 Å². The summed E-state index contributed by atoms with van der Waals surface area (Å²) in [5.41, 5.74) is 2.62. The van der Waals surface area contributed by atoms with Gasteiger partial charge in [0.2, 0.25) is 10.0 Å². The molecule has 1 heterocycles. The molecule has 0 atom stereocenters. The van der Waals surface area contributed by atoms with E-state index in [1.54, 1.807) is 19.1 Å². The topological polar surface area (TPSA) is 103 Å². The molecule has 0 saturated heterocycles. The minimum atomic E-state index is -3.71. The van der Waals surface area contributed by atoms with Crippen LogP contribution in [-0.4, -0.2) is 32.1 Å². The van der Waals surface area contributed by atoms with Gasteiger partial charge in [0.1, 0.15) is 5.69 Å². The largest absolute Gasteiger partial charge is 0.317 e. The second-order valence-corrected chi connectivity index (χ2v) is 10.7. The molecule has 4 aromatic rings. The number of aryl methyl sites for hydroxylation is 1. The van der Waals surface area contributed by atoms with E-state index in [1.165, 1.54) is 22.3 Å². The van der Waals surface area contributed by atoms with E-state index in [0.29, 0.717) is 28.5 Å². The molecule has 0 saturated carbocycles. The third-order valence-electron chi connectivity index (χ3n) is 5.30. The van der Waals surface area contributed by atoms with E-state index in [-0.39, 0.29) is 5.69 Å². The zero-order valence-corrected chi connectivity index (χ0v) is 20.3. The fraction of sp³-hybridized carbons (Fsp3) is 0.160. The Balaban J connectivity index is 1.69. The maximum atomic E-state index is 12.5. The molecule has 4 rings (SSSR count). The third-order valence-corrected chi connectivity index (χ3v) is 6.85. The Labute approximate surface area is 202 Å². The number of nitriles is 1. The maximum Gasteiger partial charge on any atom is 0.284 e. The van der Waals surface area contributed by atoms with Crippen LogP contribution in [0.15, 0.2) is 66.7 Å². The number of aromatic nitrogens is 1. The number of nitrogens with one attached hydrogen (secondary N) is 1. The lowest BCUT2D eigenvalue weighted by Crippen LogP contribution is -2.30. The standard InChI is InChI=1S/C25H22N4O3S2/c1-17-23(24(30)28-34(2,31)32)27-25(33-17)29(21-12-10-18(16-26)11-13-21)15-14-20-8-5-7-19-6-3-4-9-22(19)20/h3-13H,14-15H2,1-2H3,(H,28,30). The molecule has 0 aliphatic rings. The van der Waals surface area contributed by atoms with Gasteiger partial charge in [-0.1, -0.05) is 42.5 Å². The van der Waals surface area contributed by atoms with Gasteiger partial charge < -0.3 is 4.90 Å². The highest BCUT2D eigenvalue weighted by Gasteiger charge is 2.22. The average molecular weight is 491 g/mol. The first kappa shape index (κ1) is 23.4. The molecule has 0 radical (unpaired) electrons. The Bertz CT molecular complexity index is 1500. The predicted octanol–water partition coefficient (Wildman–Crippen LogP) is 4.55. The number of sulfonamides is 1. The van der Waals surface area contributed by atoms with Crippen LogP contribution in [0.25, 0.3) is 10.8 Å². The Kier molecular flexibility index (Phi) is 6.63. The van der Waals surface area contributed by atoms with Crippen molar-refractivity contribution in [3.8, 4) is 6.07 Å². The molecular formula is C25H22N4O3S2. The number of hydrogen-bond donors (Lipinski definition) is 1. The van der Waals surface area contributed by atoms with E-state index >= 15 is 0 Å². The molecule has 1 N–H and O–H groups in total. The summed E-state index contributed by atoms with van der Waals surface area (Å²) in [4.78, 5) is 19.5. The quantitative estimate of drug-likeness (QED) is 0.408. The Morgan fingerprint density at radius 2 is 1.79 bits per heavy atom. The number of anilines is 2. The summed E-state index contributed by atoms with van der Waals surface area (Å²) in [6.45, 7) is 2.31. The summed E-state index contributed by atoms with van der Waals surface area (Å²) in [7, 11) is -3.71. The van der Waals surface area contributed by atoms with Crippen molar-refractivity contribution in [3.63, 3.8) is 0 Å². The monoisotopic (exact) mass is 490 g/mol. The van der Waals surface area contributed by atoms with Crippen LogP contribution < -0.4 is 9.62 Å². The molecule has 3 aromatic carbocycles. The fourth-order valence-electron chi connectivity index (χ4n) is 3.72. The molecule has 0 unspecified atom stereocenters. The lowest BCUT2D eigenvalue weighted by Gasteiger charge is -2.22. The second kappa shape index (κ2) is 9.63. The number of benzene rings is 3. The number of nitrogens with zero attached hydrogens (tertiary/aromatic N) is 3. The van der Waals surface area contributed by atoms with Crippen LogP contribution in [0.1, 0.15) is 26.5 Å². The molecule has 1 aromatic heterocycles. The molecule has 0 aliphatic heterocycles. The summed E-state index contributed by atoms with van der Waals surface area (Å²) in [5, 5.41) is 12.1. The number of hydrogen-bond acceptors (Lipinski definition) is 7. The summed E-state index contributed by atoms with van der Waals surface area (Å²) in [6, 6.07) is 23.7. The molecule has 0 bridgehead atoms. The highest BCUT2D eigenvalue weighted by molar-refractivity contribution is 7.89. The molecule has 0 spiro atoms. The lowest BCUT2D eigenvalue weighted by atomic mass is 10.0. The third kappa shape index (κ3) is 5.25. The first-order valence-electron chi connectivity index (χ1n) is 10.5. The second-order valence-electron chi connectivity index (χ2n) is 7.80. The van der Waals surface area contributed by atoms with E-state index in [9.17, 15) is 13.2 Å². The Morgan fingerprint density at radius 3 is 2.50 bits per heavy atom. The van der Waals surface area contributed by atoms with Gasteiger partial charge in [-0.05, 0) is 53.9 Å². The molecule has 9 heteroatoms. The van der Waals surface area contributed by atoms with Crippen LogP contribution in [0.5, 0.6) is 0 Å². The lowest BCUT2D eigenvalue weighted by molar-refractivity contribution is 0.0977. The van der Waals surface area contributed by atoms with Gasteiger partial charge in [0, 0.05) is 17.1 Å². The zero-order valence-electron chi connectivity index (χ0n) is 18.6. The molecule has 34 heavy (non-hydrogen) atoms. The van der Waals surface area contributed by atoms with E-state index in [2.05, 4.69) is 35.3 Å². The summed E-state index contributed by atoms with van der Waals surface area (Å²) in [5.74, 6) is -0.753. The van der Waals surface area contributed by atoms with Gasteiger partial charge in [-0.25, -0.2) is 18.1 Å². The van der Waals surface area contributed by atoms with E-state index in [4.69, 9.17) is 5.26 Å². The maximum absolute atomic E-state index is 12.5. The van der Waals surface area contributed by atoms with Crippen LogP contribution in [0.4, 0.5) is 10.8 Å². The van der Waals surface area contributed by atoms with Crippen molar-refractivity contribution in [1.29, 1.82) is 5.26 Å². The molecule has 172 valence electrons. The van der Waals surface area contributed by atoms with Gasteiger partial charge >= 0.3 is 0 Å². The predicted molar refractivity (Wildman–Crippen MR) is 135 cm³/mol.